The van der Waals surface area contributed by atoms with Crippen molar-refractivity contribution in [1.29, 1.82) is 0 Å². The van der Waals surface area contributed by atoms with E-state index in [0.29, 0.717) is 28.1 Å². The average molecular weight is 450 g/mol. The first-order valence-corrected chi connectivity index (χ1v) is 10.6. The summed E-state index contributed by atoms with van der Waals surface area (Å²) < 4.78 is 0. The summed E-state index contributed by atoms with van der Waals surface area (Å²) in [6, 6.07) is 23.7. The van der Waals surface area contributed by atoms with E-state index in [2.05, 4.69) is 17.2 Å². The van der Waals surface area contributed by atoms with E-state index in [-0.39, 0.29) is 11.8 Å². The molecular formula is C28H23N3O3. The van der Waals surface area contributed by atoms with Gasteiger partial charge < -0.3 is 16.4 Å². The Hall–Kier alpha value is -4.71. The highest BCUT2D eigenvalue weighted by Gasteiger charge is 2.15. The van der Waals surface area contributed by atoms with Crippen molar-refractivity contribution in [1.82, 2.24) is 0 Å². The van der Waals surface area contributed by atoms with Crippen LogP contribution in [0.4, 0.5) is 11.4 Å². The summed E-state index contributed by atoms with van der Waals surface area (Å²) in [4.78, 5) is 36.8. The lowest BCUT2D eigenvalue weighted by Gasteiger charge is -2.14. The van der Waals surface area contributed by atoms with E-state index in [1.54, 1.807) is 36.4 Å². The first-order chi connectivity index (χ1) is 16.4. The van der Waals surface area contributed by atoms with Gasteiger partial charge in [0.05, 0.1) is 0 Å². The second-order valence-corrected chi connectivity index (χ2v) is 7.83. The van der Waals surface area contributed by atoms with Crippen LogP contribution in [0.5, 0.6) is 0 Å². The van der Waals surface area contributed by atoms with E-state index < -0.39 is 5.91 Å². The molecule has 6 nitrogen and oxygen atoms in total. The summed E-state index contributed by atoms with van der Waals surface area (Å²) >= 11 is 0. The molecule has 0 aliphatic carbocycles. The Balaban J connectivity index is 1.69. The lowest BCUT2D eigenvalue weighted by atomic mass is 9.92. The van der Waals surface area contributed by atoms with Crippen molar-refractivity contribution < 1.29 is 14.4 Å². The minimum Gasteiger partial charge on any atom is -0.366 e. The molecule has 0 unspecified atom stereocenters. The van der Waals surface area contributed by atoms with Gasteiger partial charge in [-0.15, -0.1) is 0 Å². The van der Waals surface area contributed by atoms with Gasteiger partial charge in [-0.1, -0.05) is 55.1 Å². The maximum Gasteiger partial charge on any atom is 0.255 e. The van der Waals surface area contributed by atoms with E-state index >= 15 is 0 Å². The molecule has 0 radical (unpaired) electrons. The molecule has 4 aromatic carbocycles. The number of carbonyl (C=O) groups excluding carboxylic acids is 3. The summed E-state index contributed by atoms with van der Waals surface area (Å²) in [7, 11) is 0. The van der Waals surface area contributed by atoms with Crippen LogP contribution in [0.3, 0.4) is 0 Å². The van der Waals surface area contributed by atoms with E-state index in [1.807, 2.05) is 49.4 Å². The van der Waals surface area contributed by atoms with Crippen molar-refractivity contribution >= 4 is 39.9 Å². The number of nitrogens with two attached hydrogens (primary N) is 1. The number of benzene rings is 4. The fraction of sp³-hybridized carbons (Fsp3) is 0.0357. The van der Waals surface area contributed by atoms with Crippen LogP contribution in [0.1, 0.15) is 26.3 Å². The molecule has 34 heavy (non-hydrogen) atoms. The van der Waals surface area contributed by atoms with E-state index in [4.69, 9.17) is 5.73 Å². The van der Waals surface area contributed by atoms with E-state index in [9.17, 15) is 14.4 Å². The topological polar surface area (TPSA) is 101 Å². The molecule has 0 aliphatic heterocycles. The Morgan fingerprint density at radius 2 is 1.68 bits per heavy atom. The third-order valence-electron chi connectivity index (χ3n) is 5.55. The van der Waals surface area contributed by atoms with Gasteiger partial charge in [-0.05, 0) is 65.2 Å². The minimum atomic E-state index is -0.524. The maximum absolute atomic E-state index is 13.0. The number of primary amides is 1. The molecule has 0 aromatic heterocycles. The highest BCUT2D eigenvalue weighted by Crippen LogP contribution is 2.33. The second-order valence-electron chi connectivity index (χ2n) is 7.83. The summed E-state index contributed by atoms with van der Waals surface area (Å²) in [6.45, 7) is 5.29. The Morgan fingerprint density at radius 3 is 2.44 bits per heavy atom. The second kappa shape index (κ2) is 9.42. The van der Waals surface area contributed by atoms with Gasteiger partial charge in [-0.25, -0.2) is 0 Å². The molecule has 168 valence electrons. The Labute approximate surface area is 197 Å². The van der Waals surface area contributed by atoms with Gasteiger partial charge >= 0.3 is 0 Å². The van der Waals surface area contributed by atoms with Crippen molar-refractivity contribution in [3.05, 3.63) is 108 Å². The molecule has 3 amide bonds. The molecule has 6 heteroatoms. The summed E-state index contributed by atoms with van der Waals surface area (Å²) in [6.07, 6.45) is 1.17. The summed E-state index contributed by atoms with van der Waals surface area (Å²) in [5, 5.41) is 7.46. The summed E-state index contributed by atoms with van der Waals surface area (Å²) in [5.74, 6) is -1.21. The Morgan fingerprint density at radius 1 is 0.882 bits per heavy atom. The average Bonchev–Trinajstić information content (AvgIpc) is 2.84. The van der Waals surface area contributed by atoms with Gasteiger partial charge in [0, 0.05) is 28.1 Å². The fourth-order valence-corrected chi connectivity index (χ4v) is 3.83. The van der Waals surface area contributed by atoms with Crippen molar-refractivity contribution in [2.75, 3.05) is 10.6 Å². The molecule has 0 saturated heterocycles. The molecule has 0 aliphatic rings. The molecule has 0 fully saturated rings. The lowest BCUT2D eigenvalue weighted by Crippen LogP contribution is -2.14. The predicted molar refractivity (Wildman–Crippen MR) is 136 cm³/mol. The third-order valence-corrected chi connectivity index (χ3v) is 5.55. The predicted octanol–water partition coefficient (Wildman–Crippen LogP) is 5.29. The molecule has 4 N–H and O–H groups in total. The van der Waals surface area contributed by atoms with Crippen LogP contribution in [-0.4, -0.2) is 17.7 Å². The van der Waals surface area contributed by atoms with Crippen LogP contribution >= 0.6 is 0 Å². The number of fused-ring (bicyclic) bond motifs is 1. The van der Waals surface area contributed by atoms with E-state index in [1.165, 1.54) is 6.08 Å². The zero-order valence-electron chi connectivity index (χ0n) is 18.6. The van der Waals surface area contributed by atoms with Gasteiger partial charge in [-0.2, -0.15) is 0 Å². The van der Waals surface area contributed by atoms with Gasteiger partial charge in [0.15, 0.2) is 0 Å². The Kier molecular flexibility index (Phi) is 6.23. The molecule has 0 spiro atoms. The standard InChI is InChI=1S/C28H23N3O3/c1-3-25(32)31-24-16-20(12-11-17(24)2)28(34)30-21-9-6-8-19(15-21)26-22-10-5-4-7-18(22)13-14-23(26)27(29)33/h3-16H,1H2,2H3,(H2,29,33)(H,30,34)(H,31,32). The third kappa shape index (κ3) is 4.56. The van der Waals surface area contributed by atoms with Gasteiger partial charge in [-0.3, -0.25) is 14.4 Å². The van der Waals surface area contributed by atoms with Gasteiger partial charge in [0.1, 0.15) is 0 Å². The SMILES string of the molecule is C=CC(=O)Nc1cc(C(=O)Nc2cccc(-c3c(C(N)=O)ccc4ccccc34)c2)ccc1C. The fourth-order valence-electron chi connectivity index (χ4n) is 3.83. The normalized spacial score (nSPS) is 10.5. The van der Waals surface area contributed by atoms with Crippen LogP contribution in [0.15, 0.2) is 91.5 Å². The van der Waals surface area contributed by atoms with Crippen molar-refractivity contribution in [2.24, 2.45) is 5.73 Å². The first kappa shape index (κ1) is 22.5. The van der Waals surface area contributed by atoms with Gasteiger partial charge in [0.2, 0.25) is 11.8 Å². The molecule has 4 aromatic rings. The van der Waals surface area contributed by atoms with Crippen LogP contribution in [-0.2, 0) is 4.79 Å². The first-order valence-electron chi connectivity index (χ1n) is 10.6. The van der Waals surface area contributed by atoms with Crippen LogP contribution < -0.4 is 16.4 Å². The summed E-state index contributed by atoms with van der Waals surface area (Å²) in [5.41, 5.74) is 9.84. The number of carbonyl (C=O) groups is 3. The van der Waals surface area contributed by atoms with Crippen LogP contribution in [0.2, 0.25) is 0 Å². The number of hydrogen-bond donors (Lipinski definition) is 3. The number of aryl methyl sites for hydroxylation is 1. The van der Waals surface area contributed by atoms with Gasteiger partial charge in [0.25, 0.3) is 5.91 Å². The van der Waals surface area contributed by atoms with Crippen molar-refractivity contribution in [3.63, 3.8) is 0 Å². The highest BCUT2D eigenvalue weighted by molar-refractivity contribution is 6.10. The Bertz CT molecular complexity index is 1460. The molecule has 4 rings (SSSR count). The molecular weight excluding hydrogens is 426 g/mol. The largest absolute Gasteiger partial charge is 0.366 e. The monoisotopic (exact) mass is 449 g/mol. The van der Waals surface area contributed by atoms with Crippen LogP contribution in [0.25, 0.3) is 21.9 Å². The zero-order valence-corrected chi connectivity index (χ0v) is 18.6. The number of nitrogens with one attached hydrogen (secondary N) is 2. The highest BCUT2D eigenvalue weighted by atomic mass is 16.2. The lowest BCUT2D eigenvalue weighted by molar-refractivity contribution is -0.111. The van der Waals surface area contributed by atoms with E-state index in [0.717, 1.165) is 21.9 Å². The molecule has 0 heterocycles. The van der Waals surface area contributed by atoms with Crippen molar-refractivity contribution in [3.8, 4) is 11.1 Å². The quantitative estimate of drug-likeness (QED) is 0.349. The molecule has 0 bridgehead atoms. The maximum atomic E-state index is 13.0. The number of hydrogen-bond acceptors (Lipinski definition) is 3. The molecule has 0 atom stereocenters. The smallest absolute Gasteiger partial charge is 0.255 e. The molecule has 0 saturated carbocycles. The number of amides is 3. The number of anilines is 2. The minimum absolute atomic E-state index is 0.334. The number of rotatable bonds is 6. The zero-order chi connectivity index (χ0) is 24.2. The van der Waals surface area contributed by atoms with Crippen molar-refractivity contribution in [2.45, 2.75) is 6.92 Å². The van der Waals surface area contributed by atoms with Crippen LogP contribution in [0, 0.1) is 6.92 Å².